The number of ether oxygens (including phenoxy) is 1. The number of methoxy groups -OCH3 is 1. The number of hydrogen-bond acceptors (Lipinski definition) is 2. The third-order valence-corrected chi connectivity index (χ3v) is 1.88. The van der Waals surface area contributed by atoms with Gasteiger partial charge in [-0.1, -0.05) is 13.8 Å². The first kappa shape index (κ1) is 9.92. The lowest BCUT2D eigenvalue weighted by Gasteiger charge is -2.25. The molecule has 0 bridgehead atoms. The molecule has 0 radical (unpaired) electrons. The summed E-state index contributed by atoms with van der Waals surface area (Å²) >= 11 is 0. The summed E-state index contributed by atoms with van der Waals surface area (Å²) in [4.78, 5) is 0. The minimum atomic E-state index is 0.324. The smallest absolute Gasteiger partial charge is 0.0744 e. The molecule has 0 fully saturated rings. The van der Waals surface area contributed by atoms with Gasteiger partial charge in [-0.3, -0.25) is 0 Å². The minimum Gasteiger partial charge on any atom is -0.380 e. The van der Waals surface area contributed by atoms with Crippen molar-refractivity contribution in [2.24, 2.45) is 5.92 Å². The van der Waals surface area contributed by atoms with Gasteiger partial charge in [0, 0.05) is 13.2 Å². The van der Waals surface area contributed by atoms with E-state index in [-0.39, 0.29) is 0 Å². The molecule has 2 unspecified atom stereocenters. The van der Waals surface area contributed by atoms with Crippen molar-refractivity contribution in [2.45, 2.75) is 32.9 Å². The van der Waals surface area contributed by atoms with E-state index < -0.39 is 0 Å². The molecule has 2 atom stereocenters. The van der Waals surface area contributed by atoms with Gasteiger partial charge in [0.05, 0.1) is 6.10 Å². The van der Waals surface area contributed by atoms with Crippen LogP contribution in [0.2, 0.25) is 0 Å². The maximum Gasteiger partial charge on any atom is 0.0744 e. The Morgan fingerprint density at radius 1 is 1.20 bits per heavy atom. The predicted octanol–water partition coefficient (Wildman–Crippen LogP) is 1.27. The molecule has 2 nitrogen and oxygen atoms in total. The molecule has 2 heteroatoms. The second kappa shape index (κ2) is 4.69. The van der Waals surface area contributed by atoms with Gasteiger partial charge in [-0.05, 0) is 19.9 Å². The first-order valence-electron chi connectivity index (χ1n) is 3.83. The van der Waals surface area contributed by atoms with Crippen molar-refractivity contribution in [3.05, 3.63) is 0 Å². The zero-order valence-electron chi connectivity index (χ0n) is 7.64. The molecule has 0 heterocycles. The van der Waals surface area contributed by atoms with E-state index in [4.69, 9.17) is 4.74 Å². The van der Waals surface area contributed by atoms with Crippen LogP contribution in [0, 0.1) is 5.92 Å². The molecule has 0 aliphatic carbocycles. The van der Waals surface area contributed by atoms with E-state index in [1.807, 2.05) is 7.05 Å². The fourth-order valence-corrected chi connectivity index (χ4v) is 1.22. The molecule has 10 heavy (non-hydrogen) atoms. The molecule has 0 amide bonds. The van der Waals surface area contributed by atoms with Crippen LogP contribution in [-0.2, 0) is 4.74 Å². The van der Waals surface area contributed by atoms with Crippen molar-refractivity contribution >= 4 is 0 Å². The average Bonchev–Trinajstić information content (AvgIpc) is 1.88. The van der Waals surface area contributed by atoms with E-state index >= 15 is 0 Å². The highest BCUT2D eigenvalue weighted by Gasteiger charge is 2.17. The molecule has 0 aromatic heterocycles. The molecule has 62 valence electrons. The van der Waals surface area contributed by atoms with Crippen LogP contribution in [0.4, 0.5) is 0 Å². The van der Waals surface area contributed by atoms with Crippen molar-refractivity contribution in [3.63, 3.8) is 0 Å². The van der Waals surface area contributed by atoms with E-state index in [1.165, 1.54) is 0 Å². The lowest BCUT2D eigenvalue weighted by atomic mass is 10.0. The third-order valence-electron chi connectivity index (χ3n) is 1.88. The van der Waals surface area contributed by atoms with Crippen molar-refractivity contribution in [1.29, 1.82) is 0 Å². The predicted molar refractivity (Wildman–Crippen MR) is 44.2 cm³/mol. The summed E-state index contributed by atoms with van der Waals surface area (Å²) in [7, 11) is 3.72. The Kier molecular flexibility index (Phi) is 4.65. The van der Waals surface area contributed by atoms with Crippen LogP contribution in [0.3, 0.4) is 0 Å². The molecule has 0 aliphatic heterocycles. The average molecular weight is 145 g/mol. The quantitative estimate of drug-likeness (QED) is 0.643. The summed E-state index contributed by atoms with van der Waals surface area (Å²) in [5.74, 6) is 0.576. The highest BCUT2D eigenvalue weighted by atomic mass is 16.5. The highest BCUT2D eigenvalue weighted by Crippen LogP contribution is 2.08. The van der Waals surface area contributed by atoms with Crippen LogP contribution >= 0.6 is 0 Å². The summed E-state index contributed by atoms with van der Waals surface area (Å²) in [6, 6.07) is 0.435. The Morgan fingerprint density at radius 2 is 1.70 bits per heavy atom. The van der Waals surface area contributed by atoms with E-state index in [9.17, 15) is 0 Å². The van der Waals surface area contributed by atoms with Crippen LogP contribution < -0.4 is 5.32 Å². The maximum atomic E-state index is 5.30. The molecular weight excluding hydrogens is 126 g/mol. The topological polar surface area (TPSA) is 21.3 Å². The summed E-state index contributed by atoms with van der Waals surface area (Å²) in [5, 5.41) is 3.17. The minimum absolute atomic E-state index is 0.324. The van der Waals surface area contributed by atoms with Crippen LogP contribution in [0.5, 0.6) is 0 Å². The Bertz CT molecular complexity index is 83.3. The zero-order valence-corrected chi connectivity index (χ0v) is 7.64. The second-order valence-corrected chi connectivity index (χ2v) is 3.02. The SMILES string of the molecule is CNC(C)C(OC)C(C)C. The number of likely N-dealkylation sites (N-methyl/N-ethyl adjacent to an activating group) is 1. The van der Waals surface area contributed by atoms with Gasteiger partial charge in [0.1, 0.15) is 0 Å². The number of hydrogen-bond donors (Lipinski definition) is 1. The summed E-state index contributed by atoms with van der Waals surface area (Å²) in [5.41, 5.74) is 0. The first-order chi connectivity index (χ1) is 4.63. The van der Waals surface area contributed by atoms with E-state index in [0.717, 1.165) is 0 Å². The molecule has 0 rings (SSSR count). The van der Waals surface area contributed by atoms with Gasteiger partial charge in [0.15, 0.2) is 0 Å². The van der Waals surface area contributed by atoms with Crippen molar-refractivity contribution < 1.29 is 4.74 Å². The molecular formula is C8H19NO. The zero-order chi connectivity index (χ0) is 8.15. The van der Waals surface area contributed by atoms with Crippen LogP contribution in [0.15, 0.2) is 0 Å². The fraction of sp³-hybridized carbons (Fsp3) is 1.00. The monoisotopic (exact) mass is 145 g/mol. The van der Waals surface area contributed by atoms with Crippen LogP contribution in [0.25, 0.3) is 0 Å². The van der Waals surface area contributed by atoms with E-state index in [1.54, 1.807) is 7.11 Å². The van der Waals surface area contributed by atoms with Crippen molar-refractivity contribution in [3.8, 4) is 0 Å². The molecule has 0 saturated heterocycles. The van der Waals surface area contributed by atoms with Gasteiger partial charge in [-0.15, -0.1) is 0 Å². The molecule has 0 aliphatic rings. The van der Waals surface area contributed by atoms with Gasteiger partial charge < -0.3 is 10.1 Å². The normalized spacial score (nSPS) is 17.4. The largest absolute Gasteiger partial charge is 0.380 e. The molecule has 0 spiro atoms. The number of nitrogens with one attached hydrogen (secondary N) is 1. The van der Waals surface area contributed by atoms with Gasteiger partial charge >= 0.3 is 0 Å². The van der Waals surface area contributed by atoms with Gasteiger partial charge in [-0.2, -0.15) is 0 Å². The van der Waals surface area contributed by atoms with Crippen molar-refractivity contribution in [1.82, 2.24) is 5.32 Å². The van der Waals surface area contributed by atoms with E-state index in [2.05, 4.69) is 26.1 Å². The molecule has 0 saturated carbocycles. The second-order valence-electron chi connectivity index (χ2n) is 3.02. The Balaban J connectivity index is 3.80. The van der Waals surface area contributed by atoms with Gasteiger partial charge in [0.2, 0.25) is 0 Å². The van der Waals surface area contributed by atoms with Gasteiger partial charge in [-0.25, -0.2) is 0 Å². The lowest BCUT2D eigenvalue weighted by Crippen LogP contribution is -2.39. The summed E-state index contributed by atoms with van der Waals surface area (Å²) in [6.07, 6.45) is 0.324. The van der Waals surface area contributed by atoms with Crippen LogP contribution in [0.1, 0.15) is 20.8 Å². The molecule has 0 aromatic carbocycles. The Labute approximate surface area is 64.0 Å². The highest BCUT2D eigenvalue weighted by molar-refractivity contribution is 4.73. The lowest BCUT2D eigenvalue weighted by molar-refractivity contribution is 0.0404. The van der Waals surface area contributed by atoms with Crippen LogP contribution in [-0.4, -0.2) is 26.3 Å². The van der Waals surface area contributed by atoms with Crippen molar-refractivity contribution in [2.75, 3.05) is 14.2 Å². The first-order valence-corrected chi connectivity index (χ1v) is 3.83. The molecule has 0 aromatic rings. The Morgan fingerprint density at radius 3 is 1.80 bits per heavy atom. The Hall–Kier alpha value is -0.0800. The molecule has 1 N–H and O–H groups in total. The number of rotatable bonds is 4. The third kappa shape index (κ3) is 2.67. The van der Waals surface area contributed by atoms with Gasteiger partial charge in [0.25, 0.3) is 0 Å². The van der Waals surface area contributed by atoms with E-state index in [0.29, 0.717) is 18.1 Å². The summed E-state index contributed by atoms with van der Waals surface area (Å²) < 4.78 is 5.30. The fourth-order valence-electron chi connectivity index (χ4n) is 1.22. The maximum absolute atomic E-state index is 5.30. The summed E-state index contributed by atoms with van der Waals surface area (Å²) in [6.45, 7) is 6.47. The standard InChI is InChI=1S/C8H19NO/c1-6(2)8(10-5)7(3)9-4/h6-9H,1-5H3.